The summed E-state index contributed by atoms with van der Waals surface area (Å²) in [6.07, 6.45) is 1.54. The van der Waals surface area contributed by atoms with Crippen molar-refractivity contribution in [2.24, 2.45) is 0 Å². The third-order valence-electron chi connectivity index (χ3n) is 6.33. The van der Waals surface area contributed by atoms with Crippen LogP contribution in [0.3, 0.4) is 0 Å². The summed E-state index contributed by atoms with van der Waals surface area (Å²) in [7, 11) is -4.20. The predicted molar refractivity (Wildman–Crippen MR) is 150 cm³/mol. The number of aliphatic carboxylic acids is 1. The van der Waals surface area contributed by atoms with E-state index in [1.54, 1.807) is 19.2 Å². The van der Waals surface area contributed by atoms with E-state index in [4.69, 9.17) is 4.74 Å². The molecule has 0 aliphatic heterocycles. The van der Waals surface area contributed by atoms with Crippen molar-refractivity contribution < 1.29 is 33.0 Å². The van der Waals surface area contributed by atoms with E-state index in [9.17, 15) is 28.2 Å². The number of ether oxygens (including phenoxy) is 1. The first kappa shape index (κ1) is 28.4. The highest BCUT2D eigenvalue weighted by Gasteiger charge is 2.27. The van der Waals surface area contributed by atoms with Gasteiger partial charge >= 0.3 is 11.9 Å². The Morgan fingerprint density at radius 1 is 1.02 bits per heavy atom. The molecule has 0 amide bonds. The Bertz CT molecular complexity index is 1710. The number of nitrogens with zero attached hydrogens (tertiary/aromatic N) is 1. The largest absolute Gasteiger partial charge is 0.481 e. The Morgan fingerprint density at radius 2 is 1.73 bits per heavy atom. The van der Waals surface area contributed by atoms with Crippen LogP contribution in [-0.2, 0) is 27.8 Å². The monoisotopic (exact) mass is 560 g/mol. The maximum absolute atomic E-state index is 13.1. The lowest BCUT2D eigenvalue weighted by molar-refractivity contribution is -0.138. The molecule has 0 radical (unpaired) electrons. The number of carboxylic acids is 2. The lowest BCUT2D eigenvalue weighted by Crippen LogP contribution is -2.42. The number of rotatable bonds is 11. The number of carbonyl (C=O) groups is 2. The maximum Gasteiger partial charge on any atom is 0.335 e. The van der Waals surface area contributed by atoms with Crippen LogP contribution in [0.15, 0.2) is 77.8 Å². The molecule has 3 N–H and O–H groups in total. The van der Waals surface area contributed by atoms with E-state index >= 15 is 0 Å². The summed E-state index contributed by atoms with van der Waals surface area (Å²) < 4.78 is 35.7. The van der Waals surface area contributed by atoms with Gasteiger partial charge in [0, 0.05) is 30.1 Å². The van der Waals surface area contributed by atoms with Crippen molar-refractivity contribution in [3.63, 3.8) is 0 Å². The van der Waals surface area contributed by atoms with Crippen LogP contribution in [0, 0.1) is 18.8 Å². The van der Waals surface area contributed by atoms with Crippen molar-refractivity contribution in [2.45, 2.75) is 37.8 Å². The third kappa shape index (κ3) is 6.69. The fourth-order valence-electron chi connectivity index (χ4n) is 4.25. The number of aryl methyl sites for hydroxylation is 1. The molecule has 0 unspecified atom stereocenters. The molecular formula is C30H28N2O7S. The fraction of sp³-hybridized carbons (Fsp3) is 0.200. The Hall–Kier alpha value is -4.59. The van der Waals surface area contributed by atoms with Crippen LogP contribution in [-0.4, -0.2) is 47.8 Å². The summed E-state index contributed by atoms with van der Waals surface area (Å²) in [5.74, 6) is 3.37. The molecule has 40 heavy (non-hydrogen) atoms. The lowest BCUT2D eigenvalue weighted by Gasteiger charge is -2.15. The Morgan fingerprint density at radius 3 is 2.35 bits per heavy atom. The predicted octanol–water partition coefficient (Wildman–Crippen LogP) is 4.07. The van der Waals surface area contributed by atoms with Crippen molar-refractivity contribution >= 4 is 32.9 Å². The fourth-order valence-corrected chi connectivity index (χ4v) is 5.44. The average Bonchev–Trinajstić information content (AvgIpc) is 3.26. The molecule has 0 aliphatic carbocycles. The SMILES string of the molecule is CC#CCOc1ccc(S(=O)(=O)N[C@@H](Cc2cn(Cc3ccc(C)cc3)c3ccc(C(=O)O)cc23)C(=O)O)cc1. The molecule has 0 fully saturated rings. The van der Waals surface area contributed by atoms with Gasteiger partial charge in [-0.1, -0.05) is 35.7 Å². The highest BCUT2D eigenvalue weighted by molar-refractivity contribution is 7.89. The molecule has 0 saturated carbocycles. The van der Waals surface area contributed by atoms with Crippen LogP contribution in [0.1, 0.15) is 34.0 Å². The minimum absolute atomic E-state index is 0.0431. The number of fused-ring (bicyclic) bond motifs is 1. The summed E-state index contributed by atoms with van der Waals surface area (Å²) >= 11 is 0. The van der Waals surface area contributed by atoms with Gasteiger partial charge in [-0.25, -0.2) is 13.2 Å². The van der Waals surface area contributed by atoms with E-state index < -0.39 is 28.0 Å². The van der Waals surface area contributed by atoms with Crippen LogP contribution in [0.2, 0.25) is 0 Å². The van der Waals surface area contributed by atoms with Crippen LogP contribution in [0.4, 0.5) is 0 Å². The van der Waals surface area contributed by atoms with Gasteiger partial charge in [-0.15, -0.1) is 5.92 Å². The zero-order valence-corrected chi connectivity index (χ0v) is 22.7. The number of aromatic carboxylic acids is 1. The van der Waals surface area contributed by atoms with Crippen molar-refractivity contribution in [2.75, 3.05) is 6.61 Å². The Kier molecular flexibility index (Phi) is 8.58. The molecule has 0 bridgehead atoms. The third-order valence-corrected chi connectivity index (χ3v) is 7.81. The van der Waals surface area contributed by atoms with Gasteiger partial charge in [0.1, 0.15) is 18.4 Å². The second-order valence-corrected chi connectivity index (χ2v) is 10.9. The summed E-state index contributed by atoms with van der Waals surface area (Å²) in [5.41, 5.74) is 3.36. The van der Waals surface area contributed by atoms with Gasteiger partial charge in [-0.05, 0) is 67.4 Å². The number of carboxylic acid groups (broad SMARTS) is 2. The molecule has 0 spiro atoms. The summed E-state index contributed by atoms with van der Waals surface area (Å²) in [4.78, 5) is 23.7. The quantitative estimate of drug-likeness (QED) is 0.235. The molecule has 206 valence electrons. The Balaban J connectivity index is 1.64. The molecule has 1 atom stereocenters. The van der Waals surface area contributed by atoms with Gasteiger partial charge in [0.05, 0.1) is 10.5 Å². The van der Waals surface area contributed by atoms with Gasteiger partial charge < -0.3 is 19.5 Å². The van der Waals surface area contributed by atoms with E-state index in [1.165, 1.54) is 36.4 Å². The molecule has 1 heterocycles. The minimum atomic E-state index is -4.20. The summed E-state index contributed by atoms with van der Waals surface area (Å²) in [6.45, 7) is 4.28. The van der Waals surface area contributed by atoms with Crippen molar-refractivity contribution in [1.29, 1.82) is 0 Å². The number of benzene rings is 3. The van der Waals surface area contributed by atoms with E-state index in [-0.39, 0.29) is 23.5 Å². The smallest absolute Gasteiger partial charge is 0.335 e. The van der Waals surface area contributed by atoms with Crippen LogP contribution >= 0.6 is 0 Å². The number of hydrogen-bond donors (Lipinski definition) is 3. The van der Waals surface area contributed by atoms with E-state index in [0.29, 0.717) is 28.8 Å². The molecule has 9 nitrogen and oxygen atoms in total. The second kappa shape index (κ2) is 12.1. The van der Waals surface area contributed by atoms with Gasteiger partial charge in [-0.2, -0.15) is 4.72 Å². The lowest BCUT2D eigenvalue weighted by atomic mass is 10.0. The van der Waals surface area contributed by atoms with Gasteiger partial charge in [-0.3, -0.25) is 4.79 Å². The highest BCUT2D eigenvalue weighted by atomic mass is 32.2. The first-order valence-corrected chi connectivity index (χ1v) is 13.8. The van der Waals surface area contributed by atoms with Gasteiger partial charge in [0.25, 0.3) is 0 Å². The molecule has 4 rings (SSSR count). The molecule has 10 heteroatoms. The number of hydrogen-bond acceptors (Lipinski definition) is 5. The zero-order valence-electron chi connectivity index (χ0n) is 21.9. The second-order valence-electron chi connectivity index (χ2n) is 9.21. The van der Waals surface area contributed by atoms with Crippen LogP contribution < -0.4 is 9.46 Å². The molecule has 4 aromatic rings. The van der Waals surface area contributed by atoms with Gasteiger partial charge in [0.15, 0.2) is 0 Å². The normalized spacial score (nSPS) is 11.9. The van der Waals surface area contributed by atoms with E-state index in [2.05, 4.69) is 16.6 Å². The van der Waals surface area contributed by atoms with Crippen LogP contribution in [0.25, 0.3) is 10.9 Å². The molecule has 0 saturated heterocycles. The van der Waals surface area contributed by atoms with Crippen molar-refractivity contribution in [1.82, 2.24) is 9.29 Å². The Labute approximate surface area is 232 Å². The van der Waals surface area contributed by atoms with Crippen LogP contribution in [0.5, 0.6) is 5.75 Å². The summed E-state index contributed by atoms with van der Waals surface area (Å²) in [6, 6.07) is 16.6. The molecule has 1 aromatic heterocycles. The highest BCUT2D eigenvalue weighted by Crippen LogP contribution is 2.26. The standard InChI is InChI=1S/C30H28N2O7S/c1-3-4-15-39-24-10-12-25(13-11-24)40(37,38)31-27(30(35)36)17-23-19-32(18-21-7-5-20(2)6-8-21)28-14-9-22(29(33)34)16-26(23)28/h5-14,16,19,27,31H,15,17-18H2,1-2H3,(H,33,34)(H,35,36)/t27-/m0/s1. The topological polar surface area (TPSA) is 135 Å². The zero-order chi connectivity index (χ0) is 28.9. The number of nitrogens with one attached hydrogen (secondary N) is 1. The number of aromatic nitrogens is 1. The van der Waals surface area contributed by atoms with Crippen molar-refractivity contribution in [3.8, 4) is 17.6 Å². The van der Waals surface area contributed by atoms with Crippen molar-refractivity contribution in [3.05, 3.63) is 95.2 Å². The first-order chi connectivity index (χ1) is 19.1. The van der Waals surface area contributed by atoms with E-state index in [0.717, 1.165) is 11.1 Å². The average molecular weight is 561 g/mol. The molecular weight excluding hydrogens is 532 g/mol. The molecule has 0 aliphatic rings. The molecule has 3 aromatic carbocycles. The van der Waals surface area contributed by atoms with Gasteiger partial charge in [0.2, 0.25) is 10.0 Å². The minimum Gasteiger partial charge on any atom is -0.481 e. The number of sulfonamides is 1. The maximum atomic E-state index is 13.1. The first-order valence-electron chi connectivity index (χ1n) is 12.4. The summed E-state index contributed by atoms with van der Waals surface area (Å²) in [5, 5.41) is 20.0. The van der Waals surface area contributed by atoms with E-state index in [1.807, 2.05) is 35.8 Å².